The molecule has 0 amide bonds. The Balaban J connectivity index is 3.04. The molecule has 0 spiro atoms. The van der Waals surface area contributed by atoms with Crippen molar-refractivity contribution >= 4 is 0 Å². The lowest BCUT2D eigenvalue weighted by Gasteiger charge is -2.12. The van der Waals surface area contributed by atoms with E-state index in [2.05, 4.69) is 6.58 Å². The predicted molar refractivity (Wildman–Crippen MR) is 51.2 cm³/mol. The van der Waals surface area contributed by atoms with Gasteiger partial charge in [-0.2, -0.15) is 13.2 Å². The Bertz CT molecular complexity index is 384. The van der Waals surface area contributed by atoms with Gasteiger partial charge in [0.15, 0.2) is 0 Å². The topological polar surface area (TPSA) is 20.2 Å². The number of alkyl halides is 3. The van der Waals surface area contributed by atoms with Crippen LogP contribution in [-0.2, 0) is 6.18 Å². The summed E-state index contributed by atoms with van der Waals surface area (Å²) in [5, 5.41) is 9.42. The summed E-state index contributed by atoms with van der Waals surface area (Å²) in [5.41, 5.74) is -1.23. The van der Waals surface area contributed by atoms with Gasteiger partial charge in [0.05, 0.1) is 11.7 Å². The third kappa shape index (κ3) is 2.82. The molecule has 0 bridgehead atoms. The van der Waals surface area contributed by atoms with Gasteiger partial charge in [0, 0.05) is 0 Å². The molecule has 5 heteroatoms. The summed E-state index contributed by atoms with van der Waals surface area (Å²) in [7, 11) is 0. The summed E-state index contributed by atoms with van der Waals surface area (Å²) >= 11 is 0. The monoisotopic (exact) mass is 234 g/mol. The van der Waals surface area contributed by atoms with Gasteiger partial charge >= 0.3 is 6.18 Å². The molecule has 0 aliphatic rings. The number of hydrogen-bond donors (Lipinski definition) is 1. The van der Waals surface area contributed by atoms with Gasteiger partial charge in [-0.15, -0.1) is 6.58 Å². The molecule has 1 atom stereocenters. The Morgan fingerprint density at radius 2 is 2.00 bits per heavy atom. The molecule has 0 aromatic heterocycles. The van der Waals surface area contributed by atoms with Crippen molar-refractivity contribution in [3.63, 3.8) is 0 Å². The quantitative estimate of drug-likeness (QED) is 0.627. The lowest BCUT2D eigenvalue weighted by atomic mass is 10.0. The van der Waals surface area contributed by atoms with Crippen LogP contribution >= 0.6 is 0 Å². The van der Waals surface area contributed by atoms with Gasteiger partial charge in [0.2, 0.25) is 0 Å². The number of hydrogen-bond acceptors (Lipinski definition) is 1. The lowest BCUT2D eigenvalue weighted by Crippen LogP contribution is -2.09. The maximum Gasteiger partial charge on any atom is 0.419 e. The second-order valence-corrected chi connectivity index (χ2v) is 3.28. The molecule has 88 valence electrons. The van der Waals surface area contributed by atoms with Gasteiger partial charge in [0.1, 0.15) is 5.82 Å². The van der Waals surface area contributed by atoms with Crippen LogP contribution in [0.15, 0.2) is 30.9 Å². The first kappa shape index (κ1) is 12.7. The van der Waals surface area contributed by atoms with Crippen molar-refractivity contribution in [1.29, 1.82) is 0 Å². The summed E-state index contributed by atoms with van der Waals surface area (Å²) in [5.74, 6) is -1.38. The average Bonchev–Trinajstić information content (AvgIpc) is 2.16. The molecule has 16 heavy (non-hydrogen) atoms. The molecule has 1 aromatic rings. The maximum atomic E-state index is 13.1. The molecule has 1 N–H and O–H groups in total. The Labute approximate surface area is 90.0 Å². The summed E-state index contributed by atoms with van der Waals surface area (Å²) < 4.78 is 49.7. The lowest BCUT2D eigenvalue weighted by molar-refractivity contribution is -0.140. The fourth-order valence-corrected chi connectivity index (χ4v) is 1.26. The molecule has 0 aliphatic heterocycles. The first-order chi connectivity index (χ1) is 7.36. The molecule has 0 aliphatic carbocycles. The molecule has 0 heterocycles. The standard InChI is InChI=1S/C11H10F4O/c1-2-3-10(16)7-4-5-8(9(12)6-7)11(13,14)15/h2,4-6,10,16H,1,3H2. The Morgan fingerprint density at radius 1 is 1.38 bits per heavy atom. The number of aliphatic hydroxyl groups is 1. The normalized spacial score (nSPS) is 13.6. The fraction of sp³-hybridized carbons (Fsp3) is 0.273. The molecule has 1 unspecified atom stereocenters. The first-order valence-corrected chi connectivity index (χ1v) is 4.52. The van der Waals surface area contributed by atoms with Gasteiger partial charge in [-0.25, -0.2) is 4.39 Å². The van der Waals surface area contributed by atoms with E-state index in [1.165, 1.54) is 6.08 Å². The Morgan fingerprint density at radius 3 is 2.44 bits per heavy atom. The van der Waals surface area contributed by atoms with E-state index in [-0.39, 0.29) is 12.0 Å². The third-order valence-electron chi connectivity index (χ3n) is 2.07. The van der Waals surface area contributed by atoms with Crippen LogP contribution in [0.3, 0.4) is 0 Å². The predicted octanol–water partition coefficient (Wildman–Crippen LogP) is 3.45. The van der Waals surface area contributed by atoms with E-state index in [9.17, 15) is 22.7 Å². The first-order valence-electron chi connectivity index (χ1n) is 4.52. The zero-order valence-electron chi connectivity index (χ0n) is 8.26. The molecule has 1 aromatic carbocycles. The van der Waals surface area contributed by atoms with E-state index in [1.807, 2.05) is 0 Å². The summed E-state index contributed by atoms with van der Waals surface area (Å²) in [4.78, 5) is 0. The molecule has 0 saturated carbocycles. The minimum Gasteiger partial charge on any atom is -0.388 e. The van der Waals surface area contributed by atoms with Crippen molar-refractivity contribution in [1.82, 2.24) is 0 Å². The molecular weight excluding hydrogens is 224 g/mol. The molecule has 0 fully saturated rings. The van der Waals surface area contributed by atoms with Crippen LogP contribution in [0, 0.1) is 5.82 Å². The summed E-state index contributed by atoms with van der Waals surface area (Å²) in [6, 6.07) is 2.37. The van der Waals surface area contributed by atoms with Crippen molar-refractivity contribution in [3.8, 4) is 0 Å². The van der Waals surface area contributed by atoms with Crippen molar-refractivity contribution < 1.29 is 22.7 Å². The van der Waals surface area contributed by atoms with Crippen molar-refractivity contribution in [2.45, 2.75) is 18.7 Å². The van der Waals surface area contributed by atoms with Crippen molar-refractivity contribution in [3.05, 3.63) is 47.8 Å². The summed E-state index contributed by atoms with van der Waals surface area (Å²) in [6.07, 6.45) is -4.19. The largest absolute Gasteiger partial charge is 0.419 e. The van der Waals surface area contributed by atoms with Crippen molar-refractivity contribution in [2.24, 2.45) is 0 Å². The molecule has 0 radical (unpaired) electrons. The smallest absolute Gasteiger partial charge is 0.388 e. The van der Waals surface area contributed by atoms with Crippen LogP contribution in [0.5, 0.6) is 0 Å². The van der Waals surface area contributed by atoms with E-state index in [0.29, 0.717) is 12.1 Å². The van der Waals surface area contributed by atoms with Crippen LogP contribution in [0.4, 0.5) is 17.6 Å². The Kier molecular flexibility index (Phi) is 3.70. The minimum atomic E-state index is -4.72. The SMILES string of the molecule is C=CCC(O)c1ccc(C(F)(F)F)c(F)c1. The highest BCUT2D eigenvalue weighted by Crippen LogP contribution is 2.32. The van der Waals surface area contributed by atoms with Gasteiger partial charge in [-0.1, -0.05) is 12.1 Å². The van der Waals surface area contributed by atoms with Gasteiger partial charge in [-0.05, 0) is 24.1 Å². The van der Waals surface area contributed by atoms with E-state index >= 15 is 0 Å². The fourth-order valence-electron chi connectivity index (χ4n) is 1.26. The second kappa shape index (κ2) is 4.65. The number of benzene rings is 1. The van der Waals surface area contributed by atoms with Crippen LogP contribution in [0.25, 0.3) is 0 Å². The van der Waals surface area contributed by atoms with E-state index in [0.717, 1.165) is 6.07 Å². The minimum absolute atomic E-state index is 0.102. The van der Waals surface area contributed by atoms with E-state index in [4.69, 9.17) is 0 Å². The molecular formula is C11H10F4O. The zero-order valence-corrected chi connectivity index (χ0v) is 8.26. The molecule has 0 saturated heterocycles. The summed E-state index contributed by atoms with van der Waals surface area (Å²) in [6.45, 7) is 3.37. The van der Waals surface area contributed by atoms with Crippen LogP contribution in [-0.4, -0.2) is 5.11 Å². The highest BCUT2D eigenvalue weighted by atomic mass is 19.4. The van der Waals surface area contributed by atoms with Gasteiger partial charge < -0.3 is 5.11 Å². The number of aliphatic hydroxyl groups excluding tert-OH is 1. The van der Waals surface area contributed by atoms with Gasteiger partial charge in [0.25, 0.3) is 0 Å². The number of halogens is 4. The second-order valence-electron chi connectivity index (χ2n) is 3.28. The highest BCUT2D eigenvalue weighted by Gasteiger charge is 2.34. The molecule has 1 rings (SSSR count). The number of rotatable bonds is 3. The third-order valence-corrected chi connectivity index (χ3v) is 2.07. The maximum absolute atomic E-state index is 13.1. The van der Waals surface area contributed by atoms with Crippen molar-refractivity contribution in [2.75, 3.05) is 0 Å². The van der Waals surface area contributed by atoms with E-state index < -0.39 is 23.7 Å². The van der Waals surface area contributed by atoms with Crippen LogP contribution < -0.4 is 0 Å². The highest BCUT2D eigenvalue weighted by molar-refractivity contribution is 5.28. The van der Waals surface area contributed by atoms with Crippen LogP contribution in [0.2, 0.25) is 0 Å². The zero-order chi connectivity index (χ0) is 12.3. The average molecular weight is 234 g/mol. The van der Waals surface area contributed by atoms with Gasteiger partial charge in [-0.3, -0.25) is 0 Å². The molecule has 1 nitrogen and oxygen atoms in total. The Hall–Kier alpha value is -1.36. The van der Waals surface area contributed by atoms with Crippen LogP contribution in [0.1, 0.15) is 23.7 Å². The van der Waals surface area contributed by atoms with E-state index in [1.54, 1.807) is 0 Å².